The second kappa shape index (κ2) is 5.34. The molecule has 0 aliphatic carbocycles. The summed E-state index contributed by atoms with van der Waals surface area (Å²) in [5, 5.41) is 10.0. The molecule has 1 aromatic carbocycles. The molecule has 0 amide bonds. The molecule has 0 unspecified atom stereocenters. The number of halogens is 1. The summed E-state index contributed by atoms with van der Waals surface area (Å²) in [6, 6.07) is 5.54. The Morgan fingerprint density at radius 3 is 2.94 bits per heavy atom. The smallest absolute Gasteiger partial charge is 0.113 e. The summed E-state index contributed by atoms with van der Waals surface area (Å²) in [6.45, 7) is 2.08. The summed E-state index contributed by atoms with van der Waals surface area (Å²) in [6.07, 6.45) is 5.56. The van der Waals surface area contributed by atoms with E-state index in [1.54, 1.807) is 6.20 Å². The van der Waals surface area contributed by atoms with Gasteiger partial charge < -0.3 is 9.67 Å². The Balaban J connectivity index is 2.55. The number of benzene rings is 1. The molecule has 17 heavy (non-hydrogen) atoms. The highest BCUT2D eigenvalue weighted by Crippen LogP contribution is 2.26. The Kier molecular flexibility index (Phi) is 3.82. The normalized spacial score (nSPS) is 10.8. The van der Waals surface area contributed by atoms with Gasteiger partial charge in [-0.25, -0.2) is 4.98 Å². The number of nitrogens with zero attached hydrogens (tertiary/aromatic N) is 2. The largest absolute Gasteiger partial charge is 0.392 e. The summed E-state index contributed by atoms with van der Waals surface area (Å²) in [7, 11) is 0. The lowest BCUT2D eigenvalue weighted by Crippen LogP contribution is -2.04. The number of hydrogen-bond acceptors (Lipinski definition) is 2. The topological polar surface area (TPSA) is 38.0 Å². The molecule has 1 heterocycles. The van der Waals surface area contributed by atoms with E-state index in [0.29, 0.717) is 5.02 Å². The highest BCUT2D eigenvalue weighted by molar-refractivity contribution is 6.32. The average molecular weight is 251 g/mol. The Morgan fingerprint density at radius 1 is 1.41 bits per heavy atom. The maximum absolute atomic E-state index is 9.37. The van der Waals surface area contributed by atoms with Crippen molar-refractivity contribution in [3.05, 3.63) is 47.0 Å². The quantitative estimate of drug-likeness (QED) is 0.906. The predicted octanol–water partition coefficient (Wildman–Crippen LogP) is 2.97. The summed E-state index contributed by atoms with van der Waals surface area (Å²) in [5.74, 6) is 0.968. The summed E-state index contributed by atoms with van der Waals surface area (Å²) in [4.78, 5) is 4.32. The number of para-hydroxylation sites is 1. The zero-order valence-electron chi connectivity index (χ0n) is 9.73. The Labute approximate surface area is 106 Å². The van der Waals surface area contributed by atoms with Crippen molar-refractivity contribution in [2.24, 2.45) is 0 Å². The van der Waals surface area contributed by atoms with E-state index in [1.165, 1.54) is 0 Å². The van der Waals surface area contributed by atoms with Crippen molar-refractivity contribution in [3.8, 4) is 5.69 Å². The maximum atomic E-state index is 9.37. The van der Waals surface area contributed by atoms with E-state index >= 15 is 0 Å². The molecule has 2 rings (SSSR count). The van der Waals surface area contributed by atoms with Gasteiger partial charge >= 0.3 is 0 Å². The van der Waals surface area contributed by atoms with Crippen LogP contribution in [0.4, 0.5) is 0 Å². The van der Waals surface area contributed by atoms with Gasteiger partial charge in [-0.05, 0) is 12.5 Å². The zero-order valence-corrected chi connectivity index (χ0v) is 10.5. The average Bonchev–Trinajstić information content (AvgIpc) is 2.77. The Morgan fingerprint density at radius 2 is 2.24 bits per heavy atom. The molecule has 0 atom stereocenters. The molecular weight excluding hydrogens is 236 g/mol. The second-order valence-corrected chi connectivity index (χ2v) is 4.28. The molecule has 0 spiro atoms. The molecule has 3 nitrogen and oxygen atoms in total. The maximum Gasteiger partial charge on any atom is 0.113 e. The van der Waals surface area contributed by atoms with Crippen LogP contribution in [0.2, 0.25) is 5.02 Å². The van der Waals surface area contributed by atoms with Gasteiger partial charge in [0.05, 0.1) is 17.3 Å². The first-order valence-electron chi connectivity index (χ1n) is 5.68. The van der Waals surface area contributed by atoms with Crippen LogP contribution >= 0.6 is 11.6 Å². The fourth-order valence-electron chi connectivity index (χ4n) is 1.90. The van der Waals surface area contributed by atoms with E-state index in [-0.39, 0.29) is 6.61 Å². The molecule has 0 bridgehead atoms. The number of aromatic nitrogens is 2. The van der Waals surface area contributed by atoms with Gasteiger partial charge in [-0.3, -0.25) is 0 Å². The van der Waals surface area contributed by atoms with Crippen LogP contribution < -0.4 is 0 Å². The van der Waals surface area contributed by atoms with E-state index in [1.807, 2.05) is 29.0 Å². The molecule has 90 valence electrons. The highest BCUT2D eigenvalue weighted by Gasteiger charge is 2.11. The van der Waals surface area contributed by atoms with E-state index in [9.17, 15) is 5.11 Å². The molecule has 2 aromatic rings. The Bertz CT molecular complexity index is 508. The molecule has 4 heteroatoms. The van der Waals surface area contributed by atoms with E-state index in [4.69, 9.17) is 11.6 Å². The summed E-state index contributed by atoms with van der Waals surface area (Å²) in [5.41, 5.74) is 1.64. The summed E-state index contributed by atoms with van der Waals surface area (Å²) >= 11 is 6.21. The lowest BCUT2D eigenvalue weighted by atomic mass is 10.2. The minimum atomic E-state index is -0.0281. The molecule has 1 aromatic heterocycles. The molecule has 1 N–H and O–H groups in total. The van der Waals surface area contributed by atoms with E-state index in [0.717, 1.165) is 29.9 Å². The lowest BCUT2D eigenvalue weighted by molar-refractivity contribution is 0.281. The number of hydrogen-bond donors (Lipinski definition) is 1. The van der Waals surface area contributed by atoms with Gasteiger partial charge in [0.15, 0.2) is 0 Å². The molecule has 0 fully saturated rings. The zero-order chi connectivity index (χ0) is 12.3. The van der Waals surface area contributed by atoms with E-state index in [2.05, 4.69) is 11.9 Å². The SMILES string of the molecule is CCCc1nccn1-c1c(Cl)cccc1CO. The van der Waals surface area contributed by atoms with Crippen molar-refractivity contribution in [2.45, 2.75) is 26.4 Å². The monoisotopic (exact) mass is 250 g/mol. The van der Waals surface area contributed by atoms with Gasteiger partial charge in [-0.2, -0.15) is 0 Å². The second-order valence-electron chi connectivity index (χ2n) is 3.87. The van der Waals surface area contributed by atoms with Gasteiger partial charge in [0.2, 0.25) is 0 Å². The van der Waals surface area contributed by atoms with Gasteiger partial charge in [0.1, 0.15) is 5.82 Å². The van der Waals surface area contributed by atoms with Gasteiger partial charge in [0.25, 0.3) is 0 Å². The molecule has 0 saturated carbocycles. The van der Waals surface area contributed by atoms with Crippen molar-refractivity contribution < 1.29 is 5.11 Å². The van der Waals surface area contributed by atoms with Crippen molar-refractivity contribution in [3.63, 3.8) is 0 Å². The van der Waals surface area contributed by atoms with Crippen molar-refractivity contribution in [1.29, 1.82) is 0 Å². The van der Waals surface area contributed by atoms with E-state index < -0.39 is 0 Å². The van der Waals surface area contributed by atoms with Gasteiger partial charge in [0, 0.05) is 24.4 Å². The van der Waals surface area contributed by atoms with Crippen LogP contribution in [0.5, 0.6) is 0 Å². The lowest BCUT2D eigenvalue weighted by Gasteiger charge is -2.13. The first-order valence-corrected chi connectivity index (χ1v) is 6.06. The molecule has 0 saturated heterocycles. The van der Waals surface area contributed by atoms with Crippen molar-refractivity contribution in [1.82, 2.24) is 9.55 Å². The third kappa shape index (κ3) is 2.35. The van der Waals surface area contributed by atoms with Crippen molar-refractivity contribution in [2.75, 3.05) is 0 Å². The van der Waals surface area contributed by atoms with Gasteiger partial charge in [-0.15, -0.1) is 0 Å². The van der Waals surface area contributed by atoms with Crippen LogP contribution in [-0.2, 0) is 13.0 Å². The van der Waals surface area contributed by atoms with Crippen molar-refractivity contribution >= 4 is 11.6 Å². The summed E-state index contributed by atoms with van der Waals surface area (Å²) < 4.78 is 1.96. The third-order valence-electron chi connectivity index (χ3n) is 2.67. The van der Waals surface area contributed by atoms with Crippen LogP contribution in [0.15, 0.2) is 30.6 Å². The molecule has 0 aliphatic heterocycles. The third-order valence-corrected chi connectivity index (χ3v) is 2.98. The number of aliphatic hydroxyl groups is 1. The fourth-order valence-corrected chi connectivity index (χ4v) is 2.19. The minimum absolute atomic E-state index is 0.0281. The first-order chi connectivity index (χ1) is 8.27. The first kappa shape index (κ1) is 12.1. The molecule has 0 radical (unpaired) electrons. The van der Waals surface area contributed by atoms with Crippen LogP contribution in [-0.4, -0.2) is 14.7 Å². The molecular formula is C13H15ClN2O. The van der Waals surface area contributed by atoms with Crippen LogP contribution in [0.3, 0.4) is 0 Å². The molecule has 0 aliphatic rings. The number of aliphatic hydroxyl groups excluding tert-OH is 1. The number of rotatable bonds is 4. The Hall–Kier alpha value is -1.32. The number of imidazole rings is 1. The highest BCUT2D eigenvalue weighted by atomic mass is 35.5. The van der Waals surface area contributed by atoms with Crippen LogP contribution in [0.25, 0.3) is 5.69 Å². The fraction of sp³-hybridized carbons (Fsp3) is 0.308. The number of aryl methyl sites for hydroxylation is 1. The van der Waals surface area contributed by atoms with Crippen LogP contribution in [0.1, 0.15) is 24.7 Å². The van der Waals surface area contributed by atoms with Gasteiger partial charge in [-0.1, -0.05) is 30.7 Å². The predicted molar refractivity (Wildman–Crippen MR) is 68.5 cm³/mol. The van der Waals surface area contributed by atoms with Crippen LogP contribution in [0, 0.1) is 0 Å². The minimum Gasteiger partial charge on any atom is -0.392 e. The standard InChI is InChI=1S/C13H15ClN2O/c1-2-4-12-15-7-8-16(12)13-10(9-17)5-3-6-11(13)14/h3,5-8,17H,2,4,9H2,1H3.